The van der Waals surface area contributed by atoms with Gasteiger partial charge in [-0.3, -0.25) is 9.59 Å². The third-order valence-corrected chi connectivity index (χ3v) is 5.30. The third kappa shape index (κ3) is 3.45. The van der Waals surface area contributed by atoms with Crippen LogP contribution in [0.5, 0.6) is 0 Å². The van der Waals surface area contributed by atoms with Crippen LogP contribution in [0.2, 0.25) is 0 Å². The van der Waals surface area contributed by atoms with E-state index >= 15 is 0 Å². The van der Waals surface area contributed by atoms with E-state index in [2.05, 4.69) is 14.7 Å². The number of methoxy groups -OCH3 is 1. The maximum atomic E-state index is 12.1. The van der Waals surface area contributed by atoms with Crippen molar-refractivity contribution in [2.75, 3.05) is 12.9 Å². The molecule has 2 rings (SSSR count). The lowest BCUT2D eigenvalue weighted by molar-refractivity contribution is -0.141. The quantitative estimate of drug-likeness (QED) is 0.804. The van der Waals surface area contributed by atoms with E-state index in [9.17, 15) is 9.59 Å². The molecule has 0 saturated heterocycles. The average Bonchev–Trinajstić information content (AvgIpc) is 2.73. The molecule has 2 aromatic rings. The molecule has 3 N–H and O–H groups in total. The lowest BCUT2D eigenvalue weighted by atomic mass is 10.2. The number of rotatable bonds is 5. The number of aromatic nitrogens is 2. The Morgan fingerprint density at radius 3 is 2.90 bits per heavy atom. The number of esters is 1. The van der Waals surface area contributed by atoms with Gasteiger partial charge in [0.25, 0.3) is 5.56 Å². The summed E-state index contributed by atoms with van der Waals surface area (Å²) in [5.74, 6) is 1.06. The SMILES string of the molecule is COC(=O)C(N)CSCc1nc2sc(C)c(C)c2c(=O)[nH]1. The Balaban J connectivity index is 2.10. The first-order chi connectivity index (χ1) is 9.93. The van der Waals surface area contributed by atoms with Crippen LogP contribution in [0.15, 0.2) is 4.79 Å². The van der Waals surface area contributed by atoms with Crippen molar-refractivity contribution < 1.29 is 9.53 Å². The fraction of sp³-hybridized carbons (Fsp3) is 0.462. The number of carbonyl (C=O) groups excluding carboxylic acids is 1. The number of nitrogens with one attached hydrogen (secondary N) is 1. The Morgan fingerprint density at radius 2 is 2.24 bits per heavy atom. The molecule has 0 fully saturated rings. The molecule has 0 amide bonds. The molecule has 0 aliphatic rings. The van der Waals surface area contributed by atoms with Crippen molar-refractivity contribution in [2.24, 2.45) is 5.73 Å². The molecule has 2 aromatic heterocycles. The fourth-order valence-corrected chi connectivity index (χ4v) is 3.76. The van der Waals surface area contributed by atoms with Crippen molar-refractivity contribution in [1.82, 2.24) is 9.97 Å². The number of nitrogens with zero attached hydrogens (tertiary/aromatic N) is 1. The summed E-state index contributed by atoms with van der Waals surface area (Å²) in [6.07, 6.45) is 0. The Hall–Kier alpha value is -1.38. The molecule has 21 heavy (non-hydrogen) atoms. The summed E-state index contributed by atoms with van der Waals surface area (Å²) in [6.45, 7) is 3.90. The van der Waals surface area contributed by atoms with Crippen LogP contribution in [0.1, 0.15) is 16.3 Å². The topological polar surface area (TPSA) is 98.1 Å². The zero-order chi connectivity index (χ0) is 15.6. The second kappa shape index (κ2) is 6.59. The smallest absolute Gasteiger partial charge is 0.323 e. The van der Waals surface area contributed by atoms with E-state index in [4.69, 9.17) is 5.73 Å². The predicted octanol–water partition coefficient (Wildman–Crippen LogP) is 1.33. The van der Waals surface area contributed by atoms with Crippen molar-refractivity contribution in [1.29, 1.82) is 0 Å². The van der Waals surface area contributed by atoms with Crippen LogP contribution in [0, 0.1) is 13.8 Å². The second-order valence-electron chi connectivity index (χ2n) is 4.62. The predicted molar refractivity (Wildman–Crippen MR) is 85.9 cm³/mol. The summed E-state index contributed by atoms with van der Waals surface area (Å²) in [4.78, 5) is 32.4. The molecule has 1 unspecified atom stereocenters. The van der Waals surface area contributed by atoms with Gasteiger partial charge in [-0.25, -0.2) is 4.98 Å². The number of hydrogen-bond acceptors (Lipinski definition) is 7. The lowest BCUT2D eigenvalue weighted by Gasteiger charge is -2.08. The van der Waals surface area contributed by atoms with E-state index in [-0.39, 0.29) is 5.56 Å². The number of H-pyrrole nitrogens is 1. The van der Waals surface area contributed by atoms with E-state index in [0.717, 1.165) is 15.3 Å². The summed E-state index contributed by atoms with van der Waals surface area (Å²) < 4.78 is 4.56. The second-order valence-corrected chi connectivity index (χ2v) is 6.85. The Kier molecular flexibility index (Phi) is 5.02. The Labute approximate surface area is 130 Å². The number of ether oxygens (including phenoxy) is 1. The first-order valence-corrected chi connectivity index (χ1v) is 8.31. The number of thiophene rings is 1. The number of aromatic amines is 1. The van der Waals surface area contributed by atoms with E-state index in [1.165, 1.54) is 30.2 Å². The van der Waals surface area contributed by atoms with Crippen molar-refractivity contribution in [3.05, 3.63) is 26.6 Å². The largest absolute Gasteiger partial charge is 0.468 e. The molecular formula is C13H17N3O3S2. The molecule has 0 radical (unpaired) electrons. The molecule has 0 aliphatic carbocycles. The standard InChI is InChI=1S/C13H17N3O3S2/c1-6-7(2)21-12-10(6)11(17)15-9(16-12)5-20-4-8(14)13(18)19-3/h8H,4-5,14H2,1-3H3,(H,15,16,17). The lowest BCUT2D eigenvalue weighted by Crippen LogP contribution is -2.33. The first-order valence-electron chi connectivity index (χ1n) is 6.34. The van der Waals surface area contributed by atoms with Crippen LogP contribution in [-0.4, -0.2) is 34.8 Å². The summed E-state index contributed by atoms with van der Waals surface area (Å²) in [5, 5.41) is 0.664. The van der Waals surface area contributed by atoms with Crippen LogP contribution in [0.25, 0.3) is 10.2 Å². The Bertz CT molecular complexity index is 723. The maximum Gasteiger partial charge on any atom is 0.323 e. The van der Waals surface area contributed by atoms with E-state index in [0.29, 0.717) is 22.7 Å². The van der Waals surface area contributed by atoms with Gasteiger partial charge in [-0.1, -0.05) is 0 Å². The number of carbonyl (C=O) groups is 1. The minimum atomic E-state index is -0.665. The van der Waals surface area contributed by atoms with Crippen LogP contribution < -0.4 is 11.3 Å². The van der Waals surface area contributed by atoms with Gasteiger partial charge in [-0.05, 0) is 19.4 Å². The monoisotopic (exact) mass is 327 g/mol. The summed E-state index contributed by atoms with van der Waals surface area (Å²) in [5.41, 5.74) is 6.52. The summed E-state index contributed by atoms with van der Waals surface area (Å²) >= 11 is 2.95. The highest BCUT2D eigenvalue weighted by Crippen LogP contribution is 2.26. The molecule has 0 spiro atoms. The van der Waals surface area contributed by atoms with Gasteiger partial charge < -0.3 is 15.5 Å². The van der Waals surface area contributed by atoms with Crippen molar-refractivity contribution in [3.63, 3.8) is 0 Å². The van der Waals surface area contributed by atoms with Gasteiger partial charge in [-0.15, -0.1) is 11.3 Å². The normalized spacial score (nSPS) is 12.6. The van der Waals surface area contributed by atoms with E-state index < -0.39 is 12.0 Å². The number of hydrogen-bond donors (Lipinski definition) is 2. The van der Waals surface area contributed by atoms with E-state index in [1.807, 2.05) is 13.8 Å². The summed E-state index contributed by atoms with van der Waals surface area (Å²) in [7, 11) is 1.31. The van der Waals surface area contributed by atoms with Crippen molar-refractivity contribution in [2.45, 2.75) is 25.6 Å². The molecule has 0 bridgehead atoms. The first kappa shape index (κ1) is 16.0. The molecule has 0 aliphatic heterocycles. The Morgan fingerprint density at radius 1 is 1.52 bits per heavy atom. The van der Waals surface area contributed by atoms with Gasteiger partial charge in [0.2, 0.25) is 0 Å². The molecular weight excluding hydrogens is 310 g/mol. The van der Waals surface area contributed by atoms with Crippen LogP contribution >= 0.6 is 23.1 Å². The number of fused-ring (bicyclic) bond motifs is 1. The summed E-state index contributed by atoms with van der Waals surface area (Å²) in [6, 6.07) is -0.665. The van der Waals surface area contributed by atoms with Gasteiger partial charge in [-0.2, -0.15) is 11.8 Å². The minimum absolute atomic E-state index is 0.116. The molecule has 0 saturated carbocycles. The van der Waals surface area contributed by atoms with Crippen molar-refractivity contribution in [3.8, 4) is 0 Å². The van der Waals surface area contributed by atoms with Crippen LogP contribution in [0.3, 0.4) is 0 Å². The molecule has 8 heteroatoms. The molecule has 6 nitrogen and oxygen atoms in total. The molecule has 0 aromatic carbocycles. The minimum Gasteiger partial charge on any atom is -0.468 e. The third-order valence-electron chi connectivity index (χ3n) is 3.13. The maximum absolute atomic E-state index is 12.1. The zero-order valence-corrected chi connectivity index (χ0v) is 13.7. The number of aryl methyl sites for hydroxylation is 2. The number of thioether (sulfide) groups is 1. The van der Waals surface area contributed by atoms with Gasteiger partial charge in [0.15, 0.2) is 0 Å². The van der Waals surface area contributed by atoms with Gasteiger partial charge >= 0.3 is 5.97 Å². The average molecular weight is 327 g/mol. The number of nitrogens with two attached hydrogens (primary N) is 1. The zero-order valence-electron chi connectivity index (χ0n) is 12.1. The van der Waals surface area contributed by atoms with E-state index in [1.54, 1.807) is 0 Å². The van der Waals surface area contributed by atoms with Gasteiger partial charge in [0.05, 0.1) is 18.2 Å². The fourth-order valence-electron chi connectivity index (χ4n) is 1.87. The highest BCUT2D eigenvalue weighted by Gasteiger charge is 2.15. The van der Waals surface area contributed by atoms with Crippen molar-refractivity contribution >= 4 is 39.3 Å². The van der Waals surface area contributed by atoms with Crippen LogP contribution in [-0.2, 0) is 15.3 Å². The highest BCUT2D eigenvalue weighted by molar-refractivity contribution is 7.98. The molecule has 1 atom stereocenters. The molecule has 114 valence electrons. The van der Waals surface area contributed by atoms with Gasteiger partial charge in [0, 0.05) is 10.6 Å². The van der Waals surface area contributed by atoms with Gasteiger partial charge in [0.1, 0.15) is 16.7 Å². The highest BCUT2D eigenvalue weighted by atomic mass is 32.2. The van der Waals surface area contributed by atoms with Crippen LogP contribution in [0.4, 0.5) is 0 Å². The molecule has 2 heterocycles.